The maximum Gasteiger partial charge on any atom is 0.288 e. The van der Waals surface area contributed by atoms with Gasteiger partial charge in [-0.1, -0.05) is 12.8 Å². The summed E-state index contributed by atoms with van der Waals surface area (Å²) in [6.45, 7) is 0.677. The highest BCUT2D eigenvalue weighted by Gasteiger charge is 2.41. The summed E-state index contributed by atoms with van der Waals surface area (Å²) in [5.41, 5.74) is 0.0581. The van der Waals surface area contributed by atoms with E-state index >= 15 is 0 Å². The van der Waals surface area contributed by atoms with Gasteiger partial charge in [-0.15, -0.1) is 0 Å². The molecule has 0 aromatic heterocycles. The molecule has 1 aromatic rings. The maximum absolute atomic E-state index is 14.4. The molecule has 1 heterocycles. The third kappa shape index (κ3) is 2.80. The average molecular weight is 255 g/mol. The molecule has 0 bridgehead atoms. The van der Waals surface area contributed by atoms with E-state index in [1.54, 1.807) is 12.1 Å². The maximum atomic E-state index is 14.4. The van der Waals surface area contributed by atoms with E-state index in [9.17, 15) is 8.78 Å². The van der Waals surface area contributed by atoms with Crippen molar-refractivity contribution in [2.45, 2.75) is 37.6 Å². The predicted octanol–water partition coefficient (Wildman–Crippen LogP) is 3.32. The Morgan fingerprint density at radius 3 is 2.56 bits per heavy atom. The summed E-state index contributed by atoms with van der Waals surface area (Å²) >= 11 is 0. The van der Waals surface area contributed by atoms with Gasteiger partial charge < -0.3 is 10.1 Å². The highest BCUT2D eigenvalue weighted by atomic mass is 19.3. The van der Waals surface area contributed by atoms with Gasteiger partial charge in [0.1, 0.15) is 5.75 Å². The number of rotatable bonds is 3. The first kappa shape index (κ1) is 13.3. The first-order valence-electron chi connectivity index (χ1n) is 6.40. The van der Waals surface area contributed by atoms with Gasteiger partial charge in [0.2, 0.25) is 0 Å². The van der Waals surface area contributed by atoms with Crippen molar-refractivity contribution < 1.29 is 13.5 Å². The van der Waals surface area contributed by atoms with Crippen molar-refractivity contribution in [1.29, 1.82) is 0 Å². The number of alkyl halides is 2. The quantitative estimate of drug-likeness (QED) is 0.894. The first-order valence-corrected chi connectivity index (χ1v) is 6.40. The Morgan fingerprint density at radius 1 is 1.17 bits per heavy atom. The molecule has 0 saturated carbocycles. The van der Waals surface area contributed by atoms with E-state index in [0.29, 0.717) is 18.7 Å². The molecule has 1 atom stereocenters. The van der Waals surface area contributed by atoms with E-state index in [2.05, 4.69) is 5.32 Å². The number of halogens is 2. The molecule has 1 aliphatic rings. The number of nitrogens with one attached hydrogen (secondary N) is 1. The van der Waals surface area contributed by atoms with Gasteiger partial charge in [-0.2, -0.15) is 8.78 Å². The molecule has 4 heteroatoms. The van der Waals surface area contributed by atoms with Gasteiger partial charge in [0.15, 0.2) is 0 Å². The Labute approximate surface area is 106 Å². The van der Waals surface area contributed by atoms with Crippen LogP contribution in [0.1, 0.15) is 31.2 Å². The minimum absolute atomic E-state index is 0.0581. The summed E-state index contributed by atoms with van der Waals surface area (Å²) in [6.07, 6.45) is 3.40. The van der Waals surface area contributed by atoms with Crippen LogP contribution >= 0.6 is 0 Å². The second kappa shape index (κ2) is 5.65. The number of benzene rings is 1. The summed E-state index contributed by atoms with van der Waals surface area (Å²) in [7, 11) is 1.53. The van der Waals surface area contributed by atoms with E-state index in [-0.39, 0.29) is 5.56 Å². The first-order chi connectivity index (χ1) is 8.64. The van der Waals surface area contributed by atoms with Crippen molar-refractivity contribution in [3.63, 3.8) is 0 Å². The zero-order valence-electron chi connectivity index (χ0n) is 10.6. The van der Waals surface area contributed by atoms with Crippen LogP contribution in [0.3, 0.4) is 0 Å². The predicted molar refractivity (Wildman–Crippen MR) is 67.1 cm³/mol. The van der Waals surface area contributed by atoms with E-state index in [4.69, 9.17) is 4.74 Å². The van der Waals surface area contributed by atoms with Crippen LogP contribution in [0.15, 0.2) is 24.3 Å². The van der Waals surface area contributed by atoms with Gasteiger partial charge in [0.25, 0.3) is 5.92 Å². The van der Waals surface area contributed by atoms with Gasteiger partial charge in [-0.3, -0.25) is 0 Å². The van der Waals surface area contributed by atoms with E-state index in [0.717, 1.165) is 19.3 Å². The van der Waals surface area contributed by atoms with Crippen LogP contribution in [-0.4, -0.2) is 19.7 Å². The molecule has 100 valence electrons. The van der Waals surface area contributed by atoms with Gasteiger partial charge in [0.05, 0.1) is 13.2 Å². The molecule has 0 radical (unpaired) electrons. The van der Waals surface area contributed by atoms with E-state index in [1.165, 1.54) is 19.2 Å². The smallest absolute Gasteiger partial charge is 0.288 e. The number of methoxy groups -OCH3 is 1. The molecule has 1 unspecified atom stereocenters. The second-order valence-corrected chi connectivity index (χ2v) is 4.71. The molecule has 18 heavy (non-hydrogen) atoms. The third-order valence-corrected chi connectivity index (χ3v) is 3.47. The van der Waals surface area contributed by atoms with Gasteiger partial charge >= 0.3 is 0 Å². The lowest BCUT2D eigenvalue weighted by Gasteiger charge is -2.27. The molecule has 0 spiro atoms. The zero-order chi connectivity index (χ0) is 13.0. The monoisotopic (exact) mass is 255 g/mol. The fourth-order valence-electron chi connectivity index (χ4n) is 2.35. The fraction of sp³-hybridized carbons (Fsp3) is 0.571. The summed E-state index contributed by atoms with van der Waals surface area (Å²) in [6, 6.07) is 5.31. The van der Waals surface area contributed by atoms with Crippen molar-refractivity contribution >= 4 is 0 Å². The fourth-order valence-corrected chi connectivity index (χ4v) is 2.35. The minimum Gasteiger partial charge on any atom is -0.497 e. The molecule has 1 aromatic carbocycles. The molecule has 1 fully saturated rings. The number of ether oxygens (including phenoxy) is 1. The Hall–Kier alpha value is -1.16. The van der Waals surface area contributed by atoms with Gasteiger partial charge in [-0.25, -0.2) is 0 Å². The number of hydrogen-bond acceptors (Lipinski definition) is 2. The highest BCUT2D eigenvalue weighted by molar-refractivity contribution is 5.30. The topological polar surface area (TPSA) is 21.3 Å². The van der Waals surface area contributed by atoms with Crippen LogP contribution in [0, 0.1) is 0 Å². The summed E-state index contributed by atoms with van der Waals surface area (Å²) in [5, 5.41) is 2.97. The number of hydrogen-bond donors (Lipinski definition) is 1. The van der Waals surface area contributed by atoms with Crippen LogP contribution in [0.25, 0.3) is 0 Å². The highest BCUT2D eigenvalue weighted by Crippen LogP contribution is 2.35. The van der Waals surface area contributed by atoms with E-state index in [1.807, 2.05) is 0 Å². The van der Waals surface area contributed by atoms with Gasteiger partial charge in [0, 0.05) is 5.56 Å². The molecule has 2 rings (SSSR count). The molecular formula is C14H19F2NO. The average Bonchev–Trinajstić information content (AvgIpc) is 2.68. The lowest BCUT2D eigenvalue weighted by molar-refractivity contribution is -0.0448. The van der Waals surface area contributed by atoms with Crippen molar-refractivity contribution in [1.82, 2.24) is 5.32 Å². The van der Waals surface area contributed by atoms with Crippen LogP contribution in [-0.2, 0) is 5.92 Å². The Balaban J connectivity index is 2.16. The Morgan fingerprint density at radius 2 is 1.89 bits per heavy atom. The molecule has 0 amide bonds. The molecule has 0 aliphatic carbocycles. The normalized spacial score (nSPS) is 21.4. The summed E-state index contributed by atoms with van der Waals surface area (Å²) in [4.78, 5) is 0. The van der Waals surface area contributed by atoms with Gasteiger partial charge in [-0.05, 0) is 43.7 Å². The lowest BCUT2D eigenvalue weighted by atomic mass is 9.97. The molecule has 1 aliphatic heterocycles. The van der Waals surface area contributed by atoms with Crippen molar-refractivity contribution in [3.05, 3.63) is 29.8 Å². The molecule has 1 saturated heterocycles. The minimum atomic E-state index is -2.82. The van der Waals surface area contributed by atoms with Crippen molar-refractivity contribution in [2.75, 3.05) is 13.7 Å². The Bertz CT molecular complexity index is 370. The van der Waals surface area contributed by atoms with Crippen LogP contribution < -0.4 is 10.1 Å². The van der Waals surface area contributed by atoms with Crippen molar-refractivity contribution in [3.8, 4) is 5.75 Å². The lowest BCUT2D eigenvalue weighted by Crippen LogP contribution is -2.42. The molecular weight excluding hydrogens is 236 g/mol. The van der Waals surface area contributed by atoms with Crippen LogP contribution in [0.5, 0.6) is 5.75 Å². The zero-order valence-corrected chi connectivity index (χ0v) is 10.6. The molecule has 2 nitrogen and oxygen atoms in total. The largest absolute Gasteiger partial charge is 0.497 e. The molecule has 1 N–H and O–H groups in total. The summed E-state index contributed by atoms with van der Waals surface area (Å²) in [5.74, 6) is -2.22. The summed E-state index contributed by atoms with van der Waals surface area (Å²) < 4.78 is 33.7. The van der Waals surface area contributed by atoms with E-state index < -0.39 is 12.0 Å². The van der Waals surface area contributed by atoms with Crippen LogP contribution in [0.4, 0.5) is 8.78 Å². The third-order valence-electron chi connectivity index (χ3n) is 3.47. The van der Waals surface area contributed by atoms with Crippen molar-refractivity contribution in [2.24, 2.45) is 0 Å². The Kier molecular flexibility index (Phi) is 4.17. The van der Waals surface area contributed by atoms with Crippen LogP contribution in [0.2, 0.25) is 0 Å². The standard InChI is InChI=1S/C14H19F2NO/c1-18-12-8-6-11(7-9-12)14(15,16)13-5-3-2-4-10-17-13/h6-9,13,17H,2-5,10H2,1H3. The second-order valence-electron chi connectivity index (χ2n) is 4.71. The SMILES string of the molecule is COc1ccc(C(F)(F)C2CCCCCN2)cc1.